The first-order valence-corrected chi connectivity index (χ1v) is 9.81. The van der Waals surface area contributed by atoms with Gasteiger partial charge in [-0.25, -0.2) is 8.42 Å². The molecule has 2 aromatic carbocycles. The first kappa shape index (κ1) is 22.7. The normalized spacial score (nSPS) is 12.6. The predicted octanol–water partition coefficient (Wildman–Crippen LogP) is 4.32. The van der Waals surface area contributed by atoms with Gasteiger partial charge in [-0.05, 0) is 36.8 Å². The standard InChI is InChI=1S/C18H15F6NO3S/c19-17(20,21)13-9-12(10-14(11-13)18(22,23)24)16(26)25-7-4-8-29(27,28)15-5-2-1-3-6-15/h1-3,5-6,9-11H,4,7-8H2,(H,25,26). The van der Waals surface area contributed by atoms with Crippen molar-refractivity contribution in [3.05, 3.63) is 65.2 Å². The van der Waals surface area contributed by atoms with Gasteiger partial charge in [-0.3, -0.25) is 4.79 Å². The van der Waals surface area contributed by atoms with Gasteiger partial charge in [0.1, 0.15) is 0 Å². The molecule has 4 nitrogen and oxygen atoms in total. The SMILES string of the molecule is O=C(NCCCS(=O)(=O)c1ccccc1)c1cc(C(F)(F)F)cc(C(F)(F)F)c1. The van der Waals surface area contributed by atoms with E-state index in [1.54, 1.807) is 6.07 Å². The lowest BCUT2D eigenvalue weighted by Gasteiger charge is -2.14. The summed E-state index contributed by atoms with van der Waals surface area (Å²) in [6.07, 6.45) is -10.2. The van der Waals surface area contributed by atoms with Gasteiger partial charge in [-0.2, -0.15) is 26.3 Å². The minimum atomic E-state index is -5.07. The van der Waals surface area contributed by atoms with E-state index in [-0.39, 0.29) is 29.7 Å². The zero-order valence-electron chi connectivity index (χ0n) is 14.6. The van der Waals surface area contributed by atoms with Gasteiger partial charge in [-0.15, -0.1) is 0 Å². The Morgan fingerprint density at radius 3 is 1.86 bits per heavy atom. The lowest BCUT2D eigenvalue weighted by atomic mass is 10.0. The molecule has 0 spiro atoms. The number of hydrogen-bond acceptors (Lipinski definition) is 3. The first-order chi connectivity index (χ1) is 13.3. The summed E-state index contributed by atoms with van der Waals surface area (Å²) in [4.78, 5) is 12.1. The molecular formula is C18H15F6NO3S. The van der Waals surface area contributed by atoms with Crippen LogP contribution in [0.2, 0.25) is 0 Å². The van der Waals surface area contributed by atoms with Crippen molar-refractivity contribution in [1.82, 2.24) is 5.32 Å². The summed E-state index contributed by atoms with van der Waals surface area (Å²) in [6, 6.07) is 7.99. The maximum absolute atomic E-state index is 12.8. The summed E-state index contributed by atoms with van der Waals surface area (Å²) in [6.45, 7) is -0.248. The molecule has 0 radical (unpaired) electrons. The number of halogens is 6. The molecule has 0 unspecified atom stereocenters. The number of amides is 1. The quantitative estimate of drug-likeness (QED) is 0.539. The zero-order chi connectivity index (χ0) is 21.9. The molecule has 0 aliphatic heterocycles. The van der Waals surface area contributed by atoms with E-state index >= 15 is 0 Å². The third-order valence-electron chi connectivity index (χ3n) is 3.83. The molecule has 11 heteroatoms. The first-order valence-electron chi connectivity index (χ1n) is 8.16. The number of benzene rings is 2. The molecule has 0 atom stereocenters. The van der Waals surface area contributed by atoms with E-state index in [0.29, 0.717) is 12.1 Å². The minimum Gasteiger partial charge on any atom is -0.352 e. The number of sulfone groups is 1. The minimum absolute atomic E-state index is 0.0685. The van der Waals surface area contributed by atoms with Crippen LogP contribution in [-0.4, -0.2) is 26.6 Å². The van der Waals surface area contributed by atoms with Crippen LogP contribution in [-0.2, 0) is 22.2 Å². The van der Waals surface area contributed by atoms with Gasteiger partial charge in [0.05, 0.1) is 21.8 Å². The van der Waals surface area contributed by atoms with Crippen molar-refractivity contribution >= 4 is 15.7 Å². The number of hydrogen-bond donors (Lipinski definition) is 1. The average molecular weight is 439 g/mol. The molecule has 0 bridgehead atoms. The van der Waals surface area contributed by atoms with E-state index in [1.807, 2.05) is 0 Å². The van der Waals surface area contributed by atoms with Crippen LogP contribution in [0.5, 0.6) is 0 Å². The van der Waals surface area contributed by atoms with Gasteiger partial charge >= 0.3 is 12.4 Å². The topological polar surface area (TPSA) is 63.2 Å². The fourth-order valence-corrected chi connectivity index (χ4v) is 3.73. The molecule has 0 saturated heterocycles. The van der Waals surface area contributed by atoms with Gasteiger partial charge in [0.15, 0.2) is 9.84 Å². The van der Waals surface area contributed by atoms with Crippen molar-refractivity contribution in [2.45, 2.75) is 23.7 Å². The molecule has 0 aromatic heterocycles. The highest BCUT2D eigenvalue weighted by molar-refractivity contribution is 7.91. The Morgan fingerprint density at radius 2 is 1.38 bits per heavy atom. The van der Waals surface area contributed by atoms with E-state index in [4.69, 9.17) is 0 Å². The summed E-state index contributed by atoms with van der Waals surface area (Å²) in [7, 11) is -3.62. The highest BCUT2D eigenvalue weighted by Gasteiger charge is 2.37. The highest BCUT2D eigenvalue weighted by atomic mass is 32.2. The van der Waals surface area contributed by atoms with Crippen LogP contribution in [0.15, 0.2) is 53.4 Å². The Kier molecular flexibility index (Phi) is 6.61. The van der Waals surface area contributed by atoms with Crippen LogP contribution in [0, 0.1) is 0 Å². The summed E-state index contributed by atoms with van der Waals surface area (Å²) in [5.41, 5.74) is -4.04. The van der Waals surface area contributed by atoms with Crippen LogP contribution in [0.25, 0.3) is 0 Å². The van der Waals surface area contributed by atoms with Crippen molar-refractivity contribution in [3.63, 3.8) is 0 Å². The number of rotatable bonds is 6. The number of carbonyl (C=O) groups excluding carboxylic acids is 1. The zero-order valence-corrected chi connectivity index (χ0v) is 15.5. The van der Waals surface area contributed by atoms with Gasteiger partial charge in [-0.1, -0.05) is 18.2 Å². The number of nitrogens with one attached hydrogen (secondary N) is 1. The molecule has 0 aliphatic rings. The Hall–Kier alpha value is -2.56. The van der Waals surface area contributed by atoms with Gasteiger partial charge < -0.3 is 5.32 Å². The predicted molar refractivity (Wildman–Crippen MR) is 91.9 cm³/mol. The molecule has 0 heterocycles. The molecule has 0 saturated carbocycles. The largest absolute Gasteiger partial charge is 0.416 e. The third kappa shape index (κ3) is 6.21. The van der Waals surface area contributed by atoms with Crippen molar-refractivity contribution in [2.24, 2.45) is 0 Å². The third-order valence-corrected chi connectivity index (χ3v) is 5.64. The van der Waals surface area contributed by atoms with Crippen molar-refractivity contribution in [2.75, 3.05) is 12.3 Å². The summed E-state index contributed by atoms with van der Waals surface area (Å²) < 4.78 is 101. The molecule has 1 N–H and O–H groups in total. The second-order valence-electron chi connectivity index (χ2n) is 6.04. The second kappa shape index (κ2) is 8.44. The van der Waals surface area contributed by atoms with Crippen molar-refractivity contribution < 1.29 is 39.6 Å². The second-order valence-corrected chi connectivity index (χ2v) is 8.15. The van der Waals surface area contributed by atoms with Gasteiger partial charge in [0.2, 0.25) is 0 Å². The fraction of sp³-hybridized carbons (Fsp3) is 0.278. The molecular weight excluding hydrogens is 424 g/mol. The Balaban J connectivity index is 2.07. The average Bonchev–Trinajstić information content (AvgIpc) is 2.64. The van der Waals surface area contributed by atoms with E-state index < -0.39 is 44.8 Å². The van der Waals surface area contributed by atoms with Crippen LogP contribution in [0.3, 0.4) is 0 Å². The van der Waals surface area contributed by atoms with E-state index in [0.717, 1.165) is 0 Å². The van der Waals surface area contributed by atoms with Crippen LogP contribution >= 0.6 is 0 Å². The van der Waals surface area contributed by atoms with E-state index in [9.17, 15) is 39.6 Å². The Bertz CT molecular complexity index is 937. The lowest BCUT2D eigenvalue weighted by molar-refractivity contribution is -0.143. The Labute approximate surface area is 162 Å². The summed E-state index contributed by atoms with van der Waals surface area (Å²) in [5.74, 6) is -1.52. The summed E-state index contributed by atoms with van der Waals surface area (Å²) >= 11 is 0. The maximum atomic E-state index is 12.8. The monoisotopic (exact) mass is 439 g/mol. The van der Waals surface area contributed by atoms with Gasteiger partial charge in [0.25, 0.3) is 5.91 Å². The van der Waals surface area contributed by atoms with E-state index in [2.05, 4.69) is 5.32 Å². The molecule has 0 fully saturated rings. The smallest absolute Gasteiger partial charge is 0.352 e. The van der Waals surface area contributed by atoms with Crippen molar-refractivity contribution in [1.29, 1.82) is 0 Å². The van der Waals surface area contributed by atoms with Crippen LogP contribution < -0.4 is 5.32 Å². The molecule has 158 valence electrons. The number of alkyl halides is 6. The van der Waals surface area contributed by atoms with Gasteiger partial charge in [0, 0.05) is 12.1 Å². The highest BCUT2D eigenvalue weighted by Crippen LogP contribution is 2.36. The van der Waals surface area contributed by atoms with Crippen LogP contribution in [0.1, 0.15) is 27.9 Å². The molecule has 1 amide bonds. The molecule has 29 heavy (non-hydrogen) atoms. The van der Waals surface area contributed by atoms with Crippen LogP contribution in [0.4, 0.5) is 26.3 Å². The molecule has 0 aliphatic carbocycles. The molecule has 2 rings (SSSR count). The molecule has 2 aromatic rings. The maximum Gasteiger partial charge on any atom is 0.416 e. The summed E-state index contributed by atoms with van der Waals surface area (Å²) in [5, 5.41) is 2.14. The lowest BCUT2D eigenvalue weighted by Crippen LogP contribution is -2.27. The van der Waals surface area contributed by atoms with E-state index in [1.165, 1.54) is 24.3 Å². The fourth-order valence-electron chi connectivity index (χ4n) is 2.40. The Morgan fingerprint density at radius 1 is 0.862 bits per heavy atom. The van der Waals surface area contributed by atoms with Crippen molar-refractivity contribution in [3.8, 4) is 0 Å². The number of carbonyl (C=O) groups is 1.